The van der Waals surface area contributed by atoms with Gasteiger partial charge in [0, 0.05) is 25.6 Å². The molecule has 136 valence electrons. The van der Waals surface area contributed by atoms with Gasteiger partial charge in [0.15, 0.2) is 6.29 Å². The van der Waals surface area contributed by atoms with Gasteiger partial charge in [-0.3, -0.25) is 25.1 Å². The predicted molar refractivity (Wildman–Crippen MR) is 88.4 cm³/mol. The van der Waals surface area contributed by atoms with Crippen molar-refractivity contribution in [1.82, 2.24) is 10.4 Å². The minimum Gasteiger partial charge on any atom is -0.494 e. The number of nitrogens with one attached hydrogen (secondary N) is 1. The molecule has 1 aliphatic heterocycles. The number of hydrogen-bond acceptors (Lipinski definition) is 7. The van der Waals surface area contributed by atoms with Crippen molar-refractivity contribution in [2.75, 3.05) is 32.9 Å². The number of carbonyl (C=O) groups is 2. The Labute approximate surface area is 145 Å². The molecule has 0 spiro atoms. The summed E-state index contributed by atoms with van der Waals surface area (Å²) in [5.74, 6) is 0.353. The van der Waals surface area contributed by atoms with Gasteiger partial charge in [0.2, 0.25) is 5.91 Å². The van der Waals surface area contributed by atoms with Gasteiger partial charge in [-0.25, -0.2) is 5.01 Å². The minimum atomic E-state index is -0.611. The SMILES string of the molecule is O=Cc1cc(OCCCCC(=O)NN2CCOCC2)ccc1[N+](=O)[O-]. The summed E-state index contributed by atoms with van der Waals surface area (Å²) in [5, 5.41) is 12.6. The second kappa shape index (κ2) is 9.70. The third-order valence-corrected chi connectivity index (χ3v) is 3.68. The Hall–Kier alpha value is -2.52. The molecule has 1 aliphatic rings. The van der Waals surface area contributed by atoms with E-state index in [0.29, 0.717) is 64.2 Å². The maximum absolute atomic E-state index is 11.8. The normalized spacial score (nSPS) is 14.7. The average Bonchev–Trinajstić information content (AvgIpc) is 2.61. The lowest BCUT2D eigenvalue weighted by Gasteiger charge is -2.26. The monoisotopic (exact) mass is 351 g/mol. The van der Waals surface area contributed by atoms with Gasteiger partial charge in [-0.05, 0) is 25.0 Å². The molecule has 9 nitrogen and oxygen atoms in total. The molecular formula is C16H21N3O6. The van der Waals surface area contributed by atoms with Crippen molar-refractivity contribution in [2.24, 2.45) is 0 Å². The number of ether oxygens (including phenoxy) is 2. The molecule has 0 saturated carbocycles. The van der Waals surface area contributed by atoms with E-state index < -0.39 is 4.92 Å². The third-order valence-electron chi connectivity index (χ3n) is 3.68. The van der Waals surface area contributed by atoms with E-state index in [1.54, 1.807) is 0 Å². The molecule has 1 heterocycles. The van der Waals surface area contributed by atoms with Crippen molar-refractivity contribution in [1.29, 1.82) is 0 Å². The van der Waals surface area contributed by atoms with Crippen LogP contribution in [0.15, 0.2) is 18.2 Å². The Kier molecular flexibility index (Phi) is 7.30. The van der Waals surface area contributed by atoms with Gasteiger partial charge in [0.1, 0.15) is 5.75 Å². The topological polar surface area (TPSA) is 111 Å². The number of benzene rings is 1. The summed E-state index contributed by atoms with van der Waals surface area (Å²) in [5.41, 5.74) is 2.56. The first-order chi connectivity index (χ1) is 12.1. The largest absolute Gasteiger partial charge is 0.494 e. The van der Waals surface area contributed by atoms with Gasteiger partial charge >= 0.3 is 0 Å². The molecule has 0 unspecified atom stereocenters. The van der Waals surface area contributed by atoms with Gasteiger partial charge in [-0.2, -0.15) is 0 Å². The van der Waals surface area contributed by atoms with Crippen LogP contribution in [0.5, 0.6) is 5.75 Å². The molecular weight excluding hydrogens is 330 g/mol. The van der Waals surface area contributed by atoms with E-state index in [1.165, 1.54) is 18.2 Å². The number of nitro groups is 1. The van der Waals surface area contributed by atoms with E-state index in [2.05, 4.69) is 5.43 Å². The van der Waals surface area contributed by atoms with Crippen LogP contribution in [0.4, 0.5) is 5.69 Å². The van der Waals surface area contributed by atoms with Crippen LogP contribution in [0.1, 0.15) is 29.6 Å². The molecule has 0 radical (unpaired) electrons. The maximum Gasteiger partial charge on any atom is 0.280 e. The maximum atomic E-state index is 11.8. The first kappa shape index (κ1) is 18.8. The number of hydrazine groups is 1. The number of morpholine rings is 1. The van der Waals surface area contributed by atoms with Crippen molar-refractivity contribution >= 4 is 17.9 Å². The fourth-order valence-electron chi connectivity index (χ4n) is 2.37. The Morgan fingerprint density at radius 1 is 1.36 bits per heavy atom. The van der Waals surface area contributed by atoms with Crippen LogP contribution >= 0.6 is 0 Å². The summed E-state index contributed by atoms with van der Waals surface area (Å²) in [6.45, 7) is 2.97. The van der Waals surface area contributed by atoms with Crippen molar-refractivity contribution in [3.8, 4) is 5.75 Å². The molecule has 0 aliphatic carbocycles. The summed E-state index contributed by atoms with van der Waals surface area (Å²) >= 11 is 0. The molecule has 0 bridgehead atoms. The highest BCUT2D eigenvalue weighted by atomic mass is 16.6. The van der Waals surface area contributed by atoms with Crippen LogP contribution in [0, 0.1) is 10.1 Å². The smallest absolute Gasteiger partial charge is 0.280 e. The van der Waals surface area contributed by atoms with Crippen molar-refractivity contribution < 1.29 is 24.0 Å². The Balaban J connectivity index is 1.66. The van der Waals surface area contributed by atoms with Crippen LogP contribution in [0.3, 0.4) is 0 Å². The number of aldehydes is 1. The number of carbonyl (C=O) groups excluding carboxylic acids is 2. The van der Waals surface area contributed by atoms with E-state index in [-0.39, 0.29) is 17.2 Å². The number of rotatable bonds is 9. The van der Waals surface area contributed by atoms with Crippen LogP contribution in [-0.2, 0) is 9.53 Å². The van der Waals surface area contributed by atoms with Crippen LogP contribution < -0.4 is 10.2 Å². The van der Waals surface area contributed by atoms with Gasteiger partial charge in [0.25, 0.3) is 5.69 Å². The second-order valence-corrected chi connectivity index (χ2v) is 5.54. The highest BCUT2D eigenvalue weighted by Crippen LogP contribution is 2.22. The summed E-state index contributed by atoms with van der Waals surface area (Å²) in [6, 6.07) is 4.04. The Morgan fingerprint density at radius 3 is 2.80 bits per heavy atom. The number of nitro benzene ring substituents is 1. The Morgan fingerprint density at radius 2 is 2.12 bits per heavy atom. The van der Waals surface area contributed by atoms with E-state index in [9.17, 15) is 19.7 Å². The molecule has 1 fully saturated rings. The van der Waals surface area contributed by atoms with Gasteiger partial charge < -0.3 is 9.47 Å². The molecule has 1 N–H and O–H groups in total. The molecule has 25 heavy (non-hydrogen) atoms. The molecule has 0 atom stereocenters. The van der Waals surface area contributed by atoms with E-state index in [4.69, 9.17) is 9.47 Å². The zero-order valence-corrected chi connectivity index (χ0v) is 13.8. The number of nitrogens with zero attached hydrogens (tertiary/aromatic N) is 2. The minimum absolute atomic E-state index is 0.0209. The number of amides is 1. The highest BCUT2D eigenvalue weighted by Gasteiger charge is 2.14. The lowest BCUT2D eigenvalue weighted by molar-refractivity contribution is -0.385. The first-order valence-electron chi connectivity index (χ1n) is 8.09. The van der Waals surface area contributed by atoms with Crippen molar-refractivity contribution in [2.45, 2.75) is 19.3 Å². The lowest BCUT2D eigenvalue weighted by Crippen LogP contribution is -2.48. The second-order valence-electron chi connectivity index (χ2n) is 5.54. The molecule has 1 saturated heterocycles. The summed E-state index contributed by atoms with van der Waals surface area (Å²) in [6.07, 6.45) is 2.13. The molecule has 9 heteroatoms. The van der Waals surface area contributed by atoms with Crippen molar-refractivity contribution in [3.63, 3.8) is 0 Å². The molecule has 1 aromatic carbocycles. The zero-order chi connectivity index (χ0) is 18.1. The summed E-state index contributed by atoms with van der Waals surface area (Å²) < 4.78 is 10.7. The number of unbranched alkanes of at least 4 members (excludes halogenated alkanes) is 1. The van der Waals surface area contributed by atoms with Gasteiger partial charge in [-0.15, -0.1) is 0 Å². The van der Waals surface area contributed by atoms with E-state index in [1.807, 2.05) is 5.01 Å². The van der Waals surface area contributed by atoms with Gasteiger partial charge in [-0.1, -0.05) is 0 Å². The fraction of sp³-hybridized carbons (Fsp3) is 0.500. The lowest BCUT2D eigenvalue weighted by atomic mass is 10.2. The summed E-state index contributed by atoms with van der Waals surface area (Å²) in [4.78, 5) is 32.8. The number of hydrogen-bond donors (Lipinski definition) is 1. The molecule has 1 amide bonds. The molecule has 0 aromatic heterocycles. The van der Waals surface area contributed by atoms with E-state index in [0.717, 1.165) is 0 Å². The first-order valence-corrected chi connectivity index (χ1v) is 8.09. The standard InChI is InChI=1S/C16H21N3O6/c20-12-13-11-14(4-5-15(13)19(22)23)25-8-2-1-3-16(21)17-18-6-9-24-10-7-18/h4-5,11-12H,1-3,6-10H2,(H,17,21). The quantitative estimate of drug-likeness (QED) is 0.309. The third kappa shape index (κ3) is 6.12. The predicted octanol–water partition coefficient (Wildman–Crippen LogP) is 1.32. The van der Waals surface area contributed by atoms with Crippen molar-refractivity contribution in [3.05, 3.63) is 33.9 Å². The highest BCUT2D eigenvalue weighted by molar-refractivity contribution is 5.82. The average molecular weight is 351 g/mol. The van der Waals surface area contributed by atoms with Gasteiger partial charge in [0.05, 0.1) is 30.3 Å². The van der Waals surface area contributed by atoms with Crippen LogP contribution in [0.25, 0.3) is 0 Å². The summed E-state index contributed by atoms with van der Waals surface area (Å²) in [7, 11) is 0. The van der Waals surface area contributed by atoms with Crippen LogP contribution in [0.2, 0.25) is 0 Å². The Bertz CT molecular complexity index is 616. The zero-order valence-electron chi connectivity index (χ0n) is 13.8. The molecule has 2 rings (SSSR count). The fourth-order valence-corrected chi connectivity index (χ4v) is 2.37. The molecule has 1 aromatic rings. The van der Waals surface area contributed by atoms with Crippen LogP contribution in [-0.4, -0.2) is 55.0 Å². The van der Waals surface area contributed by atoms with E-state index >= 15 is 0 Å².